The van der Waals surface area contributed by atoms with E-state index in [1.165, 1.54) is 0 Å². The minimum Gasteiger partial charge on any atom is -0.266 e. The summed E-state index contributed by atoms with van der Waals surface area (Å²) in [4.78, 5) is 3.68. The van der Waals surface area contributed by atoms with Gasteiger partial charge in [-0.05, 0) is 6.92 Å². The van der Waals surface area contributed by atoms with Crippen LogP contribution in [-0.4, -0.2) is 11.6 Å². The highest BCUT2D eigenvalue weighted by molar-refractivity contribution is 5.84. The fourth-order valence-electron chi connectivity index (χ4n) is 0.719. The highest BCUT2D eigenvalue weighted by Crippen LogP contribution is 2.23. The smallest absolute Gasteiger partial charge is 0.266 e. The van der Waals surface area contributed by atoms with Gasteiger partial charge in [-0.25, -0.2) is 8.78 Å². The molecule has 0 unspecified atom stereocenters. The molecule has 0 bridgehead atoms. The minimum absolute atomic E-state index is 0.233. The Labute approximate surface area is 52.1 Å². The van der Waals surface area contributed by atoms with Crippen molar-refractivity contribution in [2.45, 2.75) is 19.3 Å². The summed E-state index contributed by atoms with van der Waals surface area (Å²) in [5, 5.41) is 0. The lowest BCUT2D eigenvalue weighted by Crippen LogP contribution is -2.18. The average molecular weight is 131 g/mol. The fraction of sp³-hybridized carbons (Fsp3) is 0.500. The van der Waals surface area contributed by atoms with Crippen LogP contribution in [0.1, 0.15) is 13.3 Å². The van der Waals surface area contributed by atoms with Gasteiger partial charge in [0.05, 0.1) is 6.42 Å². The molecule has 50 valence electrons. The molecule has 0 fully saturated rings. The molecule has 1 aliphatic rings. The molecule has 9 heavy (non-hydrogen) atoms. The maximum Gasteiger partial charge on any atom is 0.273 e. The van der Waals surface area contributed by atoms with Gasteiger partial charge in [-0.2, -0.15) is 0 Å². The zero-order chi connectivity index (χ0) is 6.91. The van der Waals surface area contributed by atoms with Gasteiger partial charge in [0.25, 0.3) is 5.92 Å². The molecule has 0 aromatic rings. The molecule has 1 heterocycles. The molecule has 0 saturated heterocycles. The maximum atomic E-state index is 12.3. The highest BCUT2D eigenvalue weighted by atomic mass is 19.3. The van der Waals surface area contributed by atoms with Gasteiger partial charge < -0.3 is 0 Å². The van der Waals surface area contributed by atoms with Crippen LogP contribution in [0.4, 0.5) is 8.78 Å². The number of nitrogens with zero attached hydrogens (tertiary/aromatic N) is 1. The second kappa shape index (κ2) is 1.90. The molecular formula is C6H7F2N. The van der Waals surface area contributed by atoms with Gasteiger partial charge >= 0.3 is 0 Å². The number of hydrogen-bond acceptors (Lipinski definition) is 1. The summed E-state index contributed by atoms with van der Waals surface area (Å²) in [5.41, 5.74) is 0.488. The Hall–Kier alpha value is -0.730. The quantitative estimate of drug-likeness (QED) is 0.476. The first-order valence-corrected chi connectivity index (χ1v) is 2.69. The Morgan fingerprint density at radius 1 is 1.67 bits per heavy atom. The summed E-state index contributed by atoms with van der Waals surface area (Å²) in [6.07, 6.45) is 1.74. The number of hydrogen-bond donors (Lipinski definition) is 0. The van der Waals surface area contributed by atoms with Crippen molar-refractivity contribution >= 4 is 5.71 Å². The van der Waals surface area contributed by atoms with E-state index in [1.54, 1.807) is 6.92 Å². The normalized spacial score (nSPS) is 23.7. The van der Waals surface area contributed by atoms with Crippen molar-refractivity contribution in [1.82, 2.24) is 0 Å². The summed E-state index contributed by atoms with van der Waals surface area (Å²) in [6, 6.07) is 0. The SMILES string of the molecule is CC1=NC=CC(F)(F)C1. The molecule has 1 nitrogen and oxygen atoms in total. The third-order valence-corrected chi connectivity index (χ3v) is 1.10. The molecule has 0 aliphatic carbocycles. The molecule has 1 rings (SSSR count). The molecule has 0 aromatic heterocycles. The summed E-state index contributed by atoms with van der Waals surface area (Å²) in [6.45, 7) is 1.59. The van der Waals surface area contributed by atoms with E-state index < -0.39 is 5.92 Å². The predicted octanol–water partition coefficient (Wildman–Crippen LogP) is 2.00. The van der Waals surface area contributed by atoms with Gasteiger partial charge in [-0.1, -0.05) is 0 Å². The zero-order valence-corrected chi connectivity index (χ0v) is 5.06. The topological polar surface area (TPSA) is 12.4 Å². The molecule has 0 radical (unpaired) electrons. The maximum absolute atomic E-state index is 12.3. The number of rotatable bonds is 0. The summed E-state index contributed by atoms with van der Waals surface area (Å²) >= 11 is 0. The van der Waals surface area contributed by atoms with Crippen LogP contribution < -0.4 is 0 Å². The van der Waals surface area contributed by atoms with Crippen LogP contribution in [0.15, 0.2) is 17.3 Å². The van der Waals surface area contributed by atoms with Gasteiger partial charge in [-0.15, -0.1) is 0 Å². The lowest BCUT2D eigenvalue weighted by Gasteiger charge is -2.13. The van der Waals surface area contributed by atoms with E-state index in [2.05, 4.69) is 4.99 Å². The molecule has 3 heteroatoms. The lowest BCUT2D eigenvalue weighted by molar-refractivity contribution is 0.0620. The predicted molar refractivity (Wildman–Crippen MR) is 31.8 cm³/mol. The summed E-state index contributed by atoms with van der Waals surface area (Å²) < 4.78 is 24.6. The van der Waals surface area contributed by atoms with Crippen molar-refractivity contribution in [2.75, 3.05) is 0 Å². The number of aliphatic imine (C=N–C) groups is 1. The van der Waals surface area contributed by atoms with Crippen LogP contribution >= 0.6 is 0 Å². The summed E-state index contributed by atoms with van der Waals surface area (Å²) in [5.74, 6) is -2.66. The van der Waals surface area contributed by atoms with Crippen LogP contribution in [0.2, 0.25) is 0 Å². The van der Waals surface area contributed by atoms with Crippen molar-refractivity contribution in [1.29, 1.82) is 0 Å². The van der Waals surface area contributed by atoms with E-state index >= 15 is 0 Å². The standard InChI is InChI=1S/C6H7F2N/c1-5-4-6(7,8)2-3-9-5/h2-3H,4H2,1H3. The second-order valence-corrected chi connectivity index (χ2v) is 2.12. The number of alkyl halides is 2. The van der Waals surface area contributed by atoms with E-state index in [0.29, 0.717) is 5.71 Å². The van der Waals surface area contributed by atoms with Gasteiger partial charge in [0, 0.05) is 18.0 Å². The average Bonchev–Trinajstić information content (AvgIpc) is 1.60. The van der Waals surface area contributed by atoms with Crippen LogP contribution in [0.5, 0.6) is 0 Å². The first kappa shape index (κ1) is 6.39. The Kier molecular flexibility index (Phi) is 1.35. The number of halogens is 2. The third kappa shape index (κ3) is 1.59. The first-order valence-electron chi connectivity index (χ1n) is 2.69. The van der Waals surface area contributed by atoms with Crippen LogP contribution in [-0.2, 0) is 0 Å². The molecule has 0 aromatic carbocycles. The highest BCUT2D eigenvalue weighted by Gasteiger charge is 2.27. The largest absolute Gasteiger partial charge is 0.273 e. The third-order valence-electron chi connectivity index (χ3n) is 1.10. The molecule has 1 aliphatic heterocycles. The fourth-order valence-corrected chi connectivity index (χ4v) is 0.719. The Morgan fingerprint density at radius 2 is 2.33 bits per heavy atom. The Balaban J connectivity index is 2.73. The van der Waals surface area contributed by atoms with E-state index in [-0.39, 0.29) is 6.42 Å². The van der Waals surface area contributed by atoms with Crippen molar-refractivity contribution in [2.24, 2.45) is 4.99 Å². The monoisotopic (exact) mass is 131 g/mol. The zero-order valence-electron chi connectivity index (χ0n) is 5.06. The first-order chi connectivity index (χ1) is 4.10. The van der Waals surface area contributed by atoms with Gasteiger partial charge in [0.1, 0.15) is 0 Å². The van der Waals surface area contributed by atoms with Crippen LogP contribution in [0.25, 0.3) is 0 Å². The number of allylic oxidation sites excluding steroid dienone is 1. The molecule has 0 atom stereocenters. The van der Waals surface area contributed by atoms with Crippen molar-refractivity contribution in [3.05, 3.63) is 12.3 Å². The second-order valence-electron chi connectivity index (χ2n) is 2.12. The van der Waals surface area contributed by atoms with Gasteiger partial charge in [0.2, 0.25) is 0 Å². The molecule has 0 spiro atoms. The molecule has 0 saturated carbocycles. The van der Waals surface area contributed by atoms with Crippen molar-refractivity contribution < 1.29 is 8.78 Å². The van der Waals surface area contributed by atoms with Crippen molar-refractivity contribution in [3.63, 3.8) is 0 Å². The van der Waals surface area contributed by atoms with E-state index in [4.69, 9.17) is 0 Å². The minimum atomic E-state index is -2.66. The van der Waals surface area contributed by atoms with E-state index in [0.717, 1.165) is 12.3 Å². The Bertz CT molecular complexity index is 170. The van der Waals surface area contributed by atoms with Gasteiger partial charge in [-0.3, -0.25) is 4.99 Å². The van der Waals surface area contributed by atoms with E-state index in [9.17, 15) is 8.78 Å². The van der Waals surface area contributed by atoms with E-state index in [1.807, 2.05) is 0 Å². The van der Waals surface area contributed by atoms with Gasteiger partial charge in [0.15, 0.2) is 0 Å². The molecular weight excluding hydrogens is 124 g/mol. The lowest BCUT2D eigenvalue weighted by atomic mass is 10.1. The summed E-state index contributed by atoms with van der Waals surface area (Å²) in [7, 11) is 0. The van der Waals surface area contributed by atoms with Crippen molar-refractivity contribution in [3.8, 4) is 0 Å². The molecule has 0 amide bonds. The van der Waals surface area contributed by atoms with Crippen LogP contribution in [0, 0.1) is 0 Å². The Morgan fingerprint density at radius 3 is 2.67 bits per heavy atom. The van der Waals surface area contributed by atoms with Crippen LogP contribution in [0.3, 0.4) is 0 Å². The molecule has 0 N–H and O–H groups in total.